The summed E-state index contributed by atoms with van der Waals surface area (Å²) in [5.41, 5.74) is 6.84. The van der Waals surface area contributed by atoms with E-state index in [2.05, 4.69) is 5.32 Å². The first-order chi connectivity index (χ1) is 7.66. The molecule has 0 aliphatic carbocycles. The lowest BCUT2D eigenvalue weighted by Crippen LogP contribution is -2.14. The van der Waals surface area contributed by atoms with Crippen molar-refractivity contribution in [3.8, 4) is 0 Å². The quantitative estimate of drug-likeness (QED) is 0.819. The van der Waals surface area contributed by atoms with Gasteiger partial charge in [-0.05, 0) is 24.7 Å². The average molecular weight is 261 g/mol. The maximum atomic E-state index is 13.1. The fourth-order valence-electron chi connectivity index (χ4n) is 1.74. The SMILES string of the molecule is Nc1cc(F)c(Cl)cc1NCC1CCCS1. The zero-order chi connectivity index (χ0) is 11.5. The van der Waals surface area contributed by atoms with Crippen molar-refractivity contribution in [2.45, 2.75) is 18.1 Å². The summed E-state index contributed by atoms with van der Waals surface area (Å²) in [6, 6.07) is 2.80. The van der Waals surface area contributed by atoms with Crippen molar-refractivity contribution in [2.75, 3.05) is 23.3 Å². The standard InChI is InChI=1S/C11H14ClFN2S/c12-8-4-11(10(14)5-9(8)13)15-6-7-2-1-3-16-7/h4-5,7,15H,1-3,6,14H2. The topological polar surface area (TPSA) is 38.0 Å². The molecule has 2 rings (SSSR count). The molecule has 3 N–H and O–H groups in total. The zero-order valence-electron chi connectivity index (χ0n) is 8.80. The minimum atomic E-state index is -0.472. The summed E-state index contributed by atoms with van der Waals surface area (Å²) < 4.78 is 13.1. The smallest absolute Gasteiger partial charge is 0.143 e. The van der Waals surface area contributed by atoms with E-state index in [1.807, 2.05) is 11.8 Å². The Kier molecular flexibility index (Phi) is 3.82. The first kappa shape index (κ1) is 11.9. The van der Waals surface area contributed by atoms with E-state index in [-0.39, 0.29) is 5.02 Å². The number of thioether (sulfide) groups is 1. The van der Waals surface area contributed by atoms with Crippen LogP contribution in [0.4, 0.5) is 15.8 Å². The van der Waals surface area contributed by atoms with Gasteiger partial charge in [0.2, 0.25) is 0 Å². The highest BCUT2D eigenvalue weighted by Crippen LogP contribution is 2.29. The molecule has 16 heavy (non-hydrogen) atoms. The van der Waals surface area contributed by atoms with E-state index in [0.717, 1.165) is 12.2 Å². The van der Waals surface area contributed by atoms with E-state index in [0.29, 0.717) is 10.9 Å². The van der Waals surface area contributed by atoms with Gasteiger partial charge in [-0.25, -0.2) is 4.39 Å². The molecule has 1 aliphatic heterocycles. The molecule has 5 heteroatoms. The number of hydrogen-bond acceptors (Lipinski definition) is 3. The molecule has 88 valence electrons. The fourth-order valence-corrected chi connectivity index (χ4v) is 3.11. The molecule has 0 spiro atoms. The van der Waals surface area contributed by atoms with Crippen molar-refractivity contribution in [3.05, 3.63) is 23.0 Å². The van der Waals surface area contributed by atoms with Crippen LogP contribution in [0.2, 0.25) is 5.02 Å². The maximum Gasteiger partial charge on any atom is 0.143 e. The lowest BCUT2D eigenvalue weighted by atomic mass is 10.2. The van der Waals surface area contributed by atoms with Gasteiger partial charge in [-0.1, -0.05) is 11.6 Å². The van der Waals surface area contributed by atoms with Crippen LogP contribution < -0.4 is 11.1 Å². The molecule has 0 amide bonds. The Morgan fingerprint density at radius 1 is 1.56 bits per heavy atom. The molecule has 1 aliphatic rings. The van der Waals surface area contributed by atoms with Gasteiger partial charge in [-0.3, -0.25) is 0 Å². The minimum absolute atomic E-state index is 0.107. The Morgan fingerprint density at radius 3 is 3.06 bits per heavy atom. The molecule has 1 heterocycles. The van der Waals surface area contributed by atoms with E-state index in [4.69, 9.17) is 17.3 Å². The first-order valence-corrected chi connectivity index (χ1v) is 6.69. The second-order valence-electron chi connectivity index (χ2n) is 3.87. The lowest BCUT2D eigenvalue weighted by molar-refractivity contribution is 0.629. The number of nitrogens with two attached hydrogens (primary N) is 1. The van der Waals surface area contributed by atoms with E-state index < -0.39 is 5.82 Å². The van der Waals surface area contributed by atoms with Gasteiger partial charge in [-0.2, -0.15) is 11.8 Å². The number of anilines is 2. The van der Waals surface area contributed by atoms with Crippen LogP contribution in [0.25, 0.3) is 0 Å². The Balaban J connectivity index is 2.00. The van der Waals surface area contributed by atoms with E-state index in [1.54, 1.807) is 6.07 Å². The molecule has 0 aromatic heterocycles. The molecule has 1 unspecified atom stereocenters. The molecule has 1 fully saturated rings. The van der Waals surface area contributed by atoms with E-state index in [1.165, 1.54) is 24.7 Å². The third-order valence-corrected chi connectivity index (χ3v) is 4.32. The van der Waals surface area contributed by atoms with E-state index in [9.17, 15) is 4.39 Å². The Bertz CT molecular complexity index is 380. The predicted molar refractivity (Wildman–Crippen MR) is 69.8 cm³/mol. The van der Waals surface area contributed by atoms with Crippen LogP contribution in [0, 0.1) is 5.82 Å². The molecule has 1 aromatic rings. The lowest BCUT2D eigenvalue weighted by Gasteiger charge is -2.13. The molecule has 1 saturated heterocycles. The van der Waals surface area contributed by atoms with Crippen molar-refractivity contribution in [1.82, 2.24) is 0 Å². The number of benzene rings is 1. The monoisotopic (exact) mass is 260 g/mol. The Morgan fingerprint density at radius 2 is 2.38 bits per heavy atom. The predicted octanol–water partition coefficient (Wildman–Crippen LogP) is 3.37. The zero-order valence-corrected chi connectivity index (χ0v) is 10.4. The van der Waals surface area contributed by atoms with Gasteiger partial charge in [-0.15, -0.1) is 0 Å². The van der Waals surface area contributed by atoms with Crippen molar-refractivity contribution in [3.63, 3.8) is 0 Å². The van der Waals surface area contributed by atoms with Gasteiger partial charge < -0.3 is 11.1 Å². The highest BCUT2D eigenvalue weighted by Gasteiger charge is 2.15. The van der Waals surface area contributed by atoms with Crippen LogP contribution in [-0.2, 0) is 0 Å². The number of halogens is 2. The molecule has 0 radical (unpaired) electrons. The average Bonchev–Trinajstić information content (AvgIpc) is 2.74. The van der Waals surface area contributed by atoms with Crippen LogP contribution in [-0.4, -0.2) is 17.5 Å². The normalized spacial score (nSPS) is 20.0. The molecule has 2 nitrogen and oxygen atoms in total. The Labute approximate surface area is 104 Å². The van der Waals surface area contributed by atoms with Crippen LogP contribution in [0.5, 0.6) is 0 Å². The van der Waals surface area contributed by atoms with Crippen molar-refractivity contribution in [2.24, 2.45) is 0 Å². The number of nitrogens with one attached hydrogen (secondary N) is 1. The molecular weight excluding hydrogens is 247 g/mol. The summed E-state index contributed by atoms with van der Waals surface area (Å²) >= 11 is 7.67. The van der Waals surface area contributed by atoms with Crippen LogP contribution in [0.15, 0.2) is 12.1 Å². The van der Waals surface area contributed by atoms with Crippen molar-refractivity contribution >= 4 is 34.7 Å². The number of hydrogen-bond donors (Lipinski definition) is 2. The summed E-state index contributed by atoms with van der Waals surface area (Å²) in [5.74, 6) is 0.756. The second-order valence-corrected chi connectivity index (χ2v) is 5.68. The van der Waals surface area contributed by atoms with Crippen LogP contribution in [0.3, 0.4) is 0 Å². The number of rotatable bonds is 3. The molecular formula is C11H14ClFN2S. The minimum Gasteiger partial charge on any atom is -0.397 e. The molecule has 0 saturated carbocycles. The Hall–Kier alpha value is -0.610. The highest BCUT2D eigenvalue weighted by atomic mass is 35.5. The third kappa shape index (κ3) is 2.74. The molecule has 1 atom stereocenters. The van der Waals surface area contributed by atoms with Crippen molar-refractivity contribution < 1.29 is 4.39 Å². The third-order valence-electron chi connectivity index (χ3n) is 2.64. The van der Waals surface area contributed by atoms with Crippen LogP contribution >= 0.6 is 23.4 Å². The maximum absolute atomic E-state index is 13.1. The van der Waals surface area contributed by atoms with Gasteiger partial charge in [0.15, 0.2) is 0 Å². The van der Waals surface area contributed by atoms with Crippen LogP contribution in [0.1, 0.15) is 12.8 Å². The van der Waals surface area contributed by atoms with Gasteiger partial charge in [0.25, 0.3) is 0 Å². The van der Waals surface area contributed by atoms with E-state index >= 15 is 0 Å². The highest BCUT2D eigenvalue weighted by molar-refractivity contribution is 8.00. The summed E-state index contributed by atoms with van der Waals surface area (Å²) in [7, 11) is 0. The van der Waals surface area contributed by atoms with Crippen molar-refractivity contribution in [1.29, 1.82) is 0 Å². The molecule has 0 bridgehead atoms. The second kappa shape index (κ2) is 5.15. The fraction of sp³-hybridized carbons (Fsp3) is 0.455. The van der Waals surface area contributed by atoms with Gasteiger partial charge in [0.05, 0.1) is 16.4 Å². The summed E-state index contributed by atoms with van der Waals surface area (Å²) in [5, 5.41) is 3.96. The summed E-state index contributed by atoms with van der Waals surface area (Å²) in [6.45, 7) is 0.858. The number of nitrogen functional groups attached to an aromatic ring is 1. The van der Waals surface area contributed by atoms with Gasteiger partial charge in [0, 0.05) is 17.9 Å². The molecule has 1 aromatic carbocycles. The summed E-state index contributed by atoms with van der Waals surface area (Å²) in [4.78, 5) is 0. The van der Waals surface area contributed by atoms with Gasteiger partial charge >= 0.3 is 0 Å². The first-order valence-electron chi connectivity index (χ1n) is 5.27. The van der Waals surface area contributed by atoms with Gasteiger partial charge in [0.1, 0.15) is 5.82 Å². The summed E-state index contributed by atoms with van der Waals surface area (Å²) in [6.07, 6.45) is 2.50. The largest absolute Gasteiger partial charge is 0.397 e.